The lowest BCUT2D eigenvalue weighted by atomic mass is 10.2. The van der Waals surface area contributed by atoms with Crippen LogP contribution in [-0.4, -0.2) is 31.3 Å². The normalized spacial score (nSPS) is 15.6. The second kappa shape index (κ2) is 7.56. The number of esters is 1. The van der Waals surface area contributed by atoms with Gasteiger partial charge in [0, 0.05) is 18.3 Å². The predicted molar refractivity (Wildman–Crippen MR) is 105 cm³/mol. The van der Waals surface area contributed by atoms with Gasteiger partial charge in [0.1, 0.15) is 0 Å². The lowest BCUT2D eigenvalue weighted by molar-refractivity contribution is -0.149. The molecule has 144 valence electrons. The fourth-order valence-corrected chi connectivity index (χ4v) is 3.57. The summed E-state index contributed by atoms with van der Waals surface area (Å²) in [6, 6.07) is 11.1. The van der Waals surface area contributed by atoms with Crippen LogP contribution in [-0.2, 0) is 20.7 Å². The van der Waals surface area contributed by atoms with E-state index in [1.807, 2.05) is 24.3 Å². The van der Waals surface area contributed by atoms with Crippen molar-refractivity contribution in [2.75, 3.05) is 18.2 Å². The Balaban J connectivity index is 1.39. The summed E-state index contributed by atoms with van der Waals surface area (Å²) in [4.78, 5) is 26.5. The van der Waals surface area contributed by atoms with Gasteiger partial charge < -0.3 is 19.1 Å². The van der Waals surface area contributed by atoms with Gasteiger partial charge in [0.25, 0.3) is 5.91 Å². The molecular formula is C21H18ClNO5. The number of carbonyl (C=O) groups is 2. The monoisotopic (exact) mass is 399 g/mol. The van der Waals surface area contributed by atoms with Gasteiger partial charge in [0.05, 0.1) is 5.02 Å². The van der Waals surface area contributed by atoms with Gasteiger partial charge in [-0.3, -0.25) is 4.79 Å². The van der Waals surface area contributed by atoms with E-state index in [4.69, 9.17) is 25.8 Å². The Kier molecular flexibility index (Phi) is 4.96. The molecule has 2 aromatic carbocycles. The predicted octanol–water partition coefficient (Wildman–Crippen LogP) is 3.60. The van der Waals surface area contributed by atoms with Gasteiger partial charge in [0.15, 0.2) is 17.6 Å². The number of rotatable bonds is 4. The van der Waals surface area contributed by atoms with Crippen molar-refractivity contribution >= 4 is 35.2 Å². The van der Waals surface area contributed by atoms with E-state index in [1.165, 1.54) is 6.08 Å². The number of para-hydroxylation sites is 1. The molecule has 0 N–H and O–H groups in total. The summed E-state index contributed by atoms with van der Waals surface area (Å²) in [5, 5.41) is 0.402. The molecule has 0 saturated heterocycles. The zero-order valence-corrected chi connectivity index (χ0v) is 15.9. The maximum Gasteiger partial charge on any atom is 0.331 e. The Morgan fingerprint density at radius 2 is 2.07 bits per heavy atom. The van der Waals surface area contributed by atoms with Crippen molar-refractivity contribution < 1.29 is 23.8 Å². The summed E-state index contributed by atoms with van der Waals surface area (Å²) in [7, 11) is 0. The van der Waals surface area contributed by atoms with Crippen LogP contribution in [0, 0.1) is 0 Å². The highest BCUT2D eigenvalue weighted by Crippen LogP contribution is 2.40. The van der Waals surface area contributed by atoms with Gasteiger partial charge in [-0.2, -0.15) is 0 Å². The molecular weight excluding hydrogens is 382 g/mol. The largest absolute Gasteiger partial charge is 0.454 e. The average Bonchev–Trinajstić information content (AvgIpc) is 3.33. The zero-order valence-electron chi connectivity index (χ0n) is 15.2. The van der Waals surface area contributed by atoms with Crippen molar-refractivity contribution in [2.45, 2.75) is 19.4 Å². The molecule has 4 rings (SSSR count). The van der Waals surface area contributed by atoms with Crippen LogP contribution >= 0.6 is 11.6 Å². The smallest absolute Gasteiger partial charge is 0.331 e. The Labute approximate surface area is 167 Å². The van der Waals surface area contributed by atoms with E-state index in [1.54, 1.807) is 30.0 Å². The van der Waals surface area contributed by atoms with Crippen LogP contribution in [0.25, 0.3) is 6.08 Å². The first-order valence-corrected chi connectivity index (χ1v) is 9.28. The second-order valence-corrected chi connectivity index (χ2v) is 6.92. The lowest BCUT2D eigenvalue weighted by Gasteiger charge is -2.21. The molecule has 28 heavy (non-hydrogen) atoms. The molecule has 0 aliphatic carbocycles. The minimum absolute atomic E-state index is 0.115. The number of nitrogens with zero attached hydrogens (tertiary/aromatic N) is 1. The minimum atomic E-state index is -0.886. The van der Waals surface area contributed by atoms with E-state index in [0.717, 1.165) is 17.7 Å². The van der Waals surface area contributed by atoms with Gasteiger partial charge in [-0.25, -0.2) is 4.79 Å². The molecule has 2 aliphatic heterocycles. The lowest BCUT2D eigenvalue weighted by Crippen LogP contribution is -2.38. The topological polar surface area (TPSA) is 65.1 Å². The fourth-order valence-electron chi connectivity index (χ4n) is 3.30. The van der Waals surface area contributed by atoms with Gasteiger partial charge >= 0.3 is 5.97 Å². The first kappa shape index (κ1) is 18.4. The van der Waals surface area contributed by atoms with Crippen molar-refractivity contribution in [1.29, 1.82) is 0 Å². The number of anilines is 1. The number of fused-ring (bicyclic) bond motifs is 2. The quantitative estimate of drug-likeness (QED) is 0.580. The zero-order chi connectivity index (χ0) is 19.7. The van der Waals surface area contributed by atoms with Crippen molar-refractivity contribution in [2.24, 2.45) is 0 Å². The van der Waals surface area contributed by atoms with Crippen molar-refractivity contribution in [1.82, 2.24) is 0 Å². The highest BCUT2D eigenvalue weighted by molar-refractivity contribution is 6.32. The van der Waals surface area contributed by atoms with E-state index in [9.17, 15) is 9.59 Å². The van der Waals surface area contributed by atoms with Crippen molar-refractivity contribution in [3.05, 3.63) is 58.6 Å². The molecule has 0 aromatic heterocycles. The van der Waals surface area contributed by atoms with Crippen LogP contribution in [0.3, 0.4) is 0 Å². The number of halogens is 1. The standard InChI is InChI=1S/C21H18ClNO5/c1-13(21(25)23-9-8-15-4-2-3-5-17(15)23)28-19(24)7-6-14-10-16(22)20-18(11-14)26-12-27-20/h2-7,10-11,13H,8-9,12H2,1H3/b7-6+/t13-/m0/s1. The van der Waals surface area contributed by atoms with Crippen LogP contribution in [0.5, 0.6) is 11.5 Å². The number of amides is 1. The highest BCUT2D eigenvalue weighted by Gasteiger charge is 2.29. The molecule has 0 spiro atoms. The van der Waals surface area contributed by atoms with E-state index in [-0.39, 0.29) is 12.7 Å². The van der Waals surface area contributed by atoms with Crippen LogP contribution in [0.4, 0.5) is 5.69 Å². The van der Waals surface area contributed by atoms with E-state index < -0.39 is 12.1 Å². The maximum absolute atomic E-state index is 12.7. The third-order valence-corrected chi connectivity index (χ3v) is 4.94. The Morgan fingerprint density at radius 3 is 2.93 bits per heavy atom. The number of hydrogen-bond donors (Lipinski definition) is 0. The third kappa shape index (κ3) is 3.55. The summed E-state index contributed by atoms with van der Waals surface area (Å²) in [5.74, 6) is 0.170. The maximum atomic E-state index is 12.7. The molecule has 0 fully saturated rings. The number of hydrogen-bond acceptors (Lipinski definition) is 5. The van der Waals surface area contributed by atoms with Crippen LogP contribution < -0.4 is 14.4 Å². The molecule has 0 bridgehead atoms. The Morgan fingerprint density at radius 1 is 1.25 bits per heavy atom. The summed E-state index contributed by atoms with van der Waals surface area (Å²) in [6.45, 7) is 2.28. The number of benzene rings is 2. The summed E-state index contributed by atoms with van der Waals surface area (Å²) in [5.41, 5.74) is 2.66. The number of carbonyl (C=O) groups excluding carboxylic acids is 2. The first-order chi connectivity index (χ1) is 13.5. The highest BCUT2D eigenvalue weighted by atomic mass is 35.5. The van der Waals surface area contributed by atoms with Gasteiger partial charge in [-0.1, -0.05) is 29.8 Å². The Hall–Kier alpha value is -2.99. The van der Waals surface area contributed by atoms with E-state index >= 15 is 0 Å². The molecule has 0 saturated carbocycles. The molecule has 1 atom stereocenters. The van der Waals surface area contributed by atoms with Crippen LogP contribution in [0.2, 0.25) is 5.02 Å². The van der Waals surface area contributed by atoms with E-state index in [0.29, 0.717) is 28.6 Å². The molecule has 2 aliphatic rings. The summed E-state index contributed by atoms with van der Waals surface area (Å²) < 4.78 is 15.8. The third-order valence-electron chi connectivity index (χ3n) is 4.66. The Bertz CT molecular complexity index is 971. The SMILES string of the molecule is C[C@H](OC(=O)/C=C/c1cc(Cl)c2c(c1)OCO2)C(=O)N1CCc2ccccc21. The van der Waals surface area contributed by atoms with Crippen LogP contribution in [0.1, 0.15) is 18.1 Å². The fraction of sp³-hybridized carbons (Fsp3) is 0.238. The molecule has 0 unspecified atom stereocenters. The molecule has 2 heterocycles. The number of ether oxygens (including phenoxy) is 3. The molecule has 7 heteroatoms. The average molecular weight is 400 g/mol. The molecule has 2 aromatic rings. The molecule has 0 radical (unpaired) electrons. The van der Waals surface area contributed by atoms with Crippen LogP contribution in [0.15, 0.2) is 42.5 Å². The minimum Gasteiger partial charge on any atom is -0.454 e. The van der Waals surface area contributed by atoms with Crippen molar-refractivity contribution in [3.8, 4) is 11.5 Å². The van der Waals surface area contributed by atoms with Gasteiger partial charge in [-0.15, -0.1) is 0 Å². The van der Waals surface area contributed by atoms with Gasteiger partial charge in [-0.05, 0) is 48.7 Å². The second-order valence-electron chi connectivity index (χ2n) is 6.52. The van der Waals surface area contributed by atoms with E-state index in [2.05, 4.69) is 0 Å². The van der Waals surface area contributed by atoms with Gasteiger partial charge in [0.2, 0.25) is 6.79 Å². The first-order valence-electron chi connectivity index (χ1n) is 8.90. The van der Waals surface area contributed by atoms with Crippen molar-refractivity contribution in [3.63, 3.8) is 0 Å². The molecule has 1 amide bonds. The summed E-state index contributed by atoms with van der Waals surface area (Å²) >= 11 is 6.12. The summed E-state index contributed by atoms with van der Waals surface area (Å²) in [6.07, 6.45) is 2.73. The molecule has 6 nitrogen and oxygen atoms in total.